The second-order valence-electron chi connectivity index (χ2n) is 6.17. The van der Waals surface area contributed by atoms with Crippen LogP contribution in [0.5, 0.6) is 0 Å². The number of hydrogen-bond acceptors (Lipinski definition) is 2. The summed E-state index contributed by atoms with van der Waals surface area (Å²) < 4.78 is 0. The second kappa shape index (κ2) is 5.96. The van der Waals surface area contributed by atoms with E-state index in [4.69, 9.17) is 0 Å². The normalized spacial score (nSPS) is 20.3. The van der Waals surface area contributed by atoms with Gasteiger partial charge in [0.25, 0.3) is 0 Å². The average molecular weight is 261 g/mol. The SMILES string of the molecule is CCC(O)c1ccc(N2CCC(C)(CC)CC2)cc1. The molecule has 0 bridgehead atoms. The zero-order chi connectivity index (χ0) is 13.9. The number of piperidine rings is 1. The molecule has 2 nitrogen and oxygen atoms in total. The van der Waals surface area contributed by atoms with Crippen molar-refractivity contribution in [2.45, 2.75) is 52.6 Å². The van der Waals surface area contributed by atoms with Crippen molar-refractivity contribution in [1.29, 1.82) is 0 Å². The molecule has 1 fully saturated rings. The van der Waals surface area contributed by atoms with Crippen LogP contribution >= 0.6 is 0 Å². The van der Waals surface area contributed by atoms with Gasteiger partial charge >= 0.3 is 0 Å². The molecule has 1 unspecified atom stereocenters. The van der Waals surface area contributed by atoms with E-state index in [2.05, 4.69) is 43.0 Å². The van der Waals surface area contributed by atoms with E-state index in [1.54, 1.807) is 0 Å². The highest BCUT2D eigenvalue weighted by atomic mass is 16.3. The summed E-state index contributed by atoms with van der Waals surface area (Å²) in [7, 11) is 0. The number of rotatable bonds is 4. The predicted octanol–water partition coefficient (Wildman–Crippen LogP) is 4.15. The van der Waals surface area contributed by atoms with E-state index in [9.17, 15) is 5.11 Å². The van der Waals surface area contributed by atoms with Gasteiger partial charge in [0.2, 0.25) is 0 Å². The van der Waals surface area contributed by atoms with Gasteiger partial charge in [-0.3, -0.25) is 0 Å². The number of aliphatic hydroxyl groups is 1. The fourth-order valence-electron chi connectivity index (χ4n) is 2.80. The van der Waals surface area contributed by atoms with Gasteiger partial charge in [-0.2, -0.15) is 0 Å². The Hall–Kier alpha value is -1.02. The highest BCUT2D eigenvalue weighted by Gasteiger charge is 2.28. The first kappa shape index (κ1) is 14.4. The van der Waals surface area contributed by atoms with Crippen LogP contribution in [0.3, 0.4) is 0 Å². The molecule has 0 aromatic heterocycles. The van der Waals surface area contributed by atoms with Crippen LogP contribution in [-0.2, 0) is 0 Å². The predicted molar refractivity (Wildman–Crippen MR) is 81.5 cm³/mol. The molecule has 2 rings (SSSR count). The van der Waals surface area contributed by atoms with Gasteiger partial charge in [0, 0.05) is 18.8 Å². The number of hydrogen-bond donors (Lipinski definition) is 1. The molecule has 1 aromatic rings. The average Bonchev–Trinajstić information content (AvgIpc) is 2.47. The molecule has 1 saturated heterocycles. The lowest BCUT2D eigenvalue weighted by molar-refractivity contribution is 0.173. The summed E-state index contributed by atoms with van der Waals surface area (Å²) in [5.74, 6) is 0. The molecule has 1 N–H and O–H groups in total. The highest BCUT2D eigenvalue weighted by Crippen LogP contribution is 2.35. The van der Waals surface area contributed by atoms with Crippen molar-refractivity contribution in [2.24, 2.45) is 5.41 Å². The number of benzene rings is 1. The molecular weight excluding hydrogens is 234 g/mol. The van der Waals surface area contributed by atoms with Crippen LogP contribution in [0.1, 0.15) is 58.1 Å². The van der Waals surface area contributed by atoms with Crippen LogP contribution in [0.4, 0.5) is 5.69 Å². The van der Waals surface area contributed by atoms with Crippen molar-refractivity contribution in [3.63, 3.8) is 0 Å². The Kier molecular flexibility index (Phi) is 4.51. The van der Waals surface area contributed by atoms with E-state index in [1.807, 2.05) is 6.92 Å². The first-order chi connectivity index (χ1) is 9.08. The van der Waals surface area contributed by atoms with Crippen molar-refractivity contribution in [2.75, 3.05) is 18.0 Å². The van der Waals surface area contributed by atoms with Crippen LogP contribution in [0.15, 0.2) is 24.3 Å². The van der Waals surface area contributed by atoms with Gasteiger partial charge in [-0.25, -0.2) is 0 Å². The molecule has 1 heterocycles. The van der Waals surface area contributed by atoms with E-state index < -0.39 is 0 Å². The van der Waals surface area contributed by atoms with Gasteiger partial charge in [-0.15, -0.1) is 0 Å². The van der Waals surface area contributed by atoms with Gasteiger partial charge in [0.05, 0.1) is 6.10 Å². The minimum atomic E-state index is -0.321. The molecule has 1 aromatic carbocycles. The molecule has 0 radical (unpaired) electrons. The van der Waals surface area contributed by atoms with Gasteiger partial charge in [-0.1, -0.05) is 39.3 Å². The smallest absolute Gasteiger partial charge is 0.0787 e. The minimum Gasteiger partial charge on any atom is -0.388 e. The largest absolute Gasteiger partial charge is 0.388 e. The fraction of sp³-hybridized carbons (Fsp3) is 0.647. The Morgan fingerprint density at radius 3 is 2.21 bits per heavy atom. The van der Waals surface area contributed by atoms with E-state index >= 15 is 0 Å². The molecular formula is C17H27NO. The topological polar surface area (TPSA) is 23.5 Å². The van der Waals surface area contributed by atoms with Crippen LogP contribution in [0, 0.1) is 5.41 Å². The van der Waals surface area contributed by atoms with Crippen LogP contribution in [0.2, 0.25) is 0 Å². The number of aliphatic hydroxyl groups excluding tert-OH is 1. The summed E-state index contributed by atoms with van der Waals surface area (Å²) in [6.07, 6.45) is 4.30. The quantitative estimate of drug-likeness (QED) is 0.880. The fourth-order valence-corrected chi connectivity index (χ4v) is 2.80. The summed E-state index contributed by atoms with van der Waals surface area (Å²) in [5.41, 5.74) is 2.86. The Morgan fingerprint density at radius 2 is 1.74 bits per heavy atom. The molecule has 1 aliphatic heterocycles. The van der Waals surface area contributed by atoms with Crippen molar-refractivity contribution in [1.82, 2.24) is 0 Å². The molecule has 0 aliphatic carbocycles. The maximum Gasteiger partial charge on any atom is 0.0787 e. The molecule has 0 amide bonds. The van der Waals surface area contributed by atoms with Crippen molar-refractivity contribution >= 4 is 5.69 Å². The maximum absolute atomic E-state index is 9.82. The monoisotopic (exact) mass is 261 g/mol. The number of nitrogens with zero attached hydrogens (tertiary/aromatic N) is 1. The zero-order valence-electron chi connectivity index (χ0n) is 12.5. The van der Waals surface area contributed by atoms with E-state index in [0.717, 1.165) is 25.1 Å². The molecule has 0 spiro atoms. The summed E-state index contributed by atoms with van der Waals surface area (Å²) in [6, 6.07) is 8.44. The third-order valence-electron chi connectivity index (χ3n) is 4.85. The standard InChI is InChI=1S/C17H27NO/c1-4-16(19)14-6-8-15(9-7-14)18-12-10-17(3,5-2)11-13-18/h6-9,16,19H,4-5,10-13H2,1-3H3. The molecule has 2 heteroatoms. The summed E-state index contributed by atoms with van der Waals surface area (Å²) in [5, 5.41) is 9.82. The Bertz CT molecular complexity index is 390. The minimum absolute atomic E-state index is 0.321. The van der Waals surface area contributed by atoms with E-state index in [1.165, 1.54) is 24.9 Å². The van der Waals surface area contributed by atoms with Crippen LogP contribution in [-0.4, -0.2) is 18.2 Å². The molecule has 106 valence electrons. The van der Waals surface area contributed by atoms with Crippen LogP contribution in [0.25, 0.3) is 0 Å². The Morgan fingerprint density at radius 1 is 1.16 bits per heavy atom. The van der Waals surface area contributed by atoms with Gasteiger partial charge < -0.3 is 10.0 Å². The van der Waals surface area contributed by atoms with E-state index in [-0.39, 0.29) is 6.10 Å². The van der Waals surface area contributed by atoms with Crippen LogP contribution < -0.4 is 4.90 Å². The second-order valence-corrected chi connectivity index (χ2v) is 6.17. The number of anilines is 1. The first-order valence-corrected chi connectivity index (χ1v) is 7.61. The van der Waals surface area contributed by atoms with Gasteiger partial charge in [-0.05, 0) is 42.4 Å². The van der Waals surface area contributed by atoms with Crippen molar-refractivity contribution in [3.05, 3.63) is 29.8 Å². The lowest BCUT2D eigenvalue weighted by Crippen LogP contribution is -2.38. The molecule has 19 heavy (non-hydrogen) atoms. The first-order valence-electron chi connectivity index (χ1n) is 7.61. The summed E-state index contributed by atoms with van der Waals surface area (Å²) >= 11 is 0. The highest BCUT2D eigenvalue weighted by molar-refractivity contribution is 5.48. The third kappa shape index (κ3) is 3.30. The Balaban J connectivity index is 2.00. The summed E-state index contributed by atoms with van der Waals surface area (Å²) in [6.45, 7) is 9.02. The van der Waals surface area contributed by atoms with Gasteiger partial charge in [0.1, 0.15) is 0 Å². The maximum atomic E-state index is 9.82. The van der Waals surface area contributed by atoms with Crippen molar-refractivity contribution < 1.29 is 5.11 Å². The molecule has 0 saturated carbocycles. The molecule has 1 atom stereocenters. The van der Waals surface area contributed by atoms with Gasteiger partial charge in [0.15, 0.2) is 0 Å². The Labute approximate surface area is 117 Å². The lowest BCUT2D eigenvalue weighted by Gasteiger charge is -2.40. The summed E-state index contributed by atoms with van der Waals surface area (Å²) in [4.78, 5) is 2.47. The van der Waals surface area contributed by atoms with Crippen molar-refractivity contribution in [3.8, 4) is 0 Å². The third-order valence-corrected chi connectivity index (χ3v) is 4.85. The lowest BCUT2D eigenvalue weighted by atomic mass is 9.78. The molecule has 1 aliphatic rings. The zero-order valence-corrected chi connectivity index (χ0v) is 12.5. The van der Waals surface area contributed by atoms with E-state index in [0.29, 0.717) is 5.41 Å².